The molecule has 0 bridgehead atoms. The number of thioether (sulfide) groups is 1. The molecule has 2 aliphatic heterocycles. The predicted molar refractivity (Wildman–Crippen MR) is 100 cm³/mol. The minimum atomic E-state index is -0.435. The first kappa shape index (κ1) is 18.2. The van der Waals surface area contributed by atoms with E-state index in [1.807, 2.05) is 16.7 Å². The fourth-order valence-electron chi connectivity index (χ4n) is 3.58. The Labute approximate surface area is 152 Å². The second kappa shape index (κ2) is 8.67. The average molecular weight is 363 g/mol. The number of nitrogens with zero attached hydrogens (tertiary/aromatic N) is 3. The van der Waals surface area contributed by atoms with Gasteiger partial charge in [0.25, 0.3) is 11.6 Å². The van der Waals surface area contributed by atoms with Gasteiger partial charge in [0, 0.05) is 36.5 Å². The molecule has 25 heavy (non-hydrogen) atoms. The number of piperidine rings is 1. The lowest BCUT2D eigenvalue weighted by atomic mass is 10.1. The Morgan fingerprint density at radius 1 is 1.12 bits per heavy atom. The van der Waals surface area contributed by atoms with E-state index < -0.39 is 4.92 Å². The van der Waals surface area contributed by atoms with Gasteiger partial charge in [0.2, 0.25) is 0 Å². The third-order valence-electron chi connectivity index (χ3n) is 4.94. The van der Waals surface area contributed by atoms with Crippen molar-refractivity contribution in [1.82, 2.24) is 9.80 Å². The highest BCUT2D eigenvalue weighted by Crippen LogP contribution is 2.22. The summed E-state index contributed by atoms with van der Waals surface area (Å²) in [6, 6.07) is 6.21. The molecule has 1 atom stereocenters. The highest BCUT2D eigenvalue weighted by molar-refractivity contribution is 7.99. The number of carbonyl (C=O) groups excluding carboxylic acids is 1. The van der Waals surface area contributed by atoms with E-state index in [-0.39, 0.29) is 17.6 Å². The summed E-state index contributed by atoms with van der Waals surface area (Å²) < 4.78 is 0. The van der Waals surface area contributed by atoms with E-state index in [9.17, 15) is 14.9 Å². The second-order valence-electron chi connectivity index (χ2n) is 6.75. The number of amides is 1. The molecule has 0 spiro atoms. The van der Waals surface area contributed by atoms with Crippen molar-refractivity contribution in [3.05, 3.63) is 39.9 Å². The number of nitro groups is 1. The SMILES string of the molecule is O=C(c1ccc([N+](=O)[O-])cc1)N1CCCSCC1CN1CCCCC1. The Morgan fingerprint density at radius 2 is 1.84 bits per heavy atom. The minimum absolute atomic E-state index is 0.000549. The monoisotopic (exact) mass is 363 g/mol. The number of hydrogen-bond donors (Lipinski definition) is 0. The van der Waals surface area contributed by atoms with Crippen LogP contribution in [0, 0.1) is 10.1 Å². The van der Waals surface area contributed by atoms with Gasteiger partial charge < -0.3 is 9.80 Å². The maximum Gasteiger partial charge on any atom is 0.269 e. The van der Waals surface area contributed by atoms with Gasteiger partial charge in [-0.05, 0) is 50.2 Å². The lowest BCUT2D eigenvalue weighted by Gasteiger charge is -2.35. The fraction of sp³-hybridized carbons (Fsp3) is 0.611. The van der Waals surface area contributed by atoms with Crippen LogP contribution in [0.3, 0.4) is 0 Å². The molecule has 1 amide bonds. The average Bonchev–Trinajstić information content (AvgIpc) is 2.87. The van der Waals surface area contributed by atoms with Gasteiger partial charge in [-0.15, -0.1) is 0 Å². The highest BCUT2D eigenvalue weighted by Gasteiger charge is 2.28. The van der Waals surface area contributed by atoms with Crippen LogP contribution in [-0.4, -0.2) is 64.4 Å². The number of hydrogen-bond acceptors (Lipinski definition) is 5. The number of rotatable bonds is 4. The molecule has 0 saturated carbocycles. The summed E-state index contributed by atoms with van der Waals surface area (Å²) in [6.45, 7) is 3.95. The molecule has 0 aliphatic carbocycles. The van der Waals surface area contributed by atoms with Crippen LogP contribution in [0.1, 0.15) is 36.0 Å². The first-order valence-electron chi connectivity index (χ1n) is 9.00. The van der Waals surface area contributed by atoms with Crippen LogP contribution in [0.15, 0.2) is 24.3 Å². The molecule has 0 N–H and O–H groups in total. The van der Waals surface area contributed by atoms with E-state index in [4.69, 9.17) is 0 Å². The number of benzene rings is 1. The Hall–Kier alpha value is -1.60. The van der Waals surface area contributed by atoms with Crippen molar-refractivity contribution in [3.8, 4) is 0 Å². The normalized spacial score (nSPS) is 22.4. The van der Waals surface area contributed by atoms with Crippen LogP contribution in [-0.2, 0) is 0 Å². The fourth-order valence-corrected chi connectivity index (χ4v) is 4.64. The molecule has 0 aromatic heterocycles. The van der Waals surface area contributed by atoms with E-state index in [1.54, 1.807) is 12.1 Å². The summed E-state index contributed by atoms with van der Waals surface area (Å²) in [6.07, 6.45) is 4.80. The molecular formula is C18H25N3O3S. The van der Waals surface area contributed by atoms with E-state index in [0.717, 1.165) is 44.1 Å². The summed E-state index contributed by atoms with van der Waals surface area (Å²) in [4.78, 5) is 27.9. The number of non-ortho nitro benzene ring substituents is 1. The van der Waals surface area contributed by atoms with Crippen molar-refractivity contribution < 1.29 is 9.72 Å². The first-order valence-corrected chi connectivity index (χ1v) is 10.2. The molecule has 7 heteroatoms. The van der Waals surface area contributed by atoms with Crippen LogP contribution >= 0.6 is 11.8 Å². The third-order valence-corrected chi connectivity index (χ3v) is 6.14. The molecule has 1 aromatic rings. The van der Waals surface area contributed by atoms with Gasteiger partial charge in [-0.1, -0.05) is 6.42 Å². The lowest BCUT2D eigenvalue weighted by molar-refractivity contribution is -0.384. The van der Waals surface area contributed by atoms with Crippen molar-refractivity contribution in [2.75, 3.05) is 37.7 Å². The van der Waals surface area contributed by atoms with Gasteiger partial charge in [-0.25, -0.2) is 0 Å². The van der Waals surface area contributed by atoms with Crippen molar-refractivity contribution in [2.24, 2.45) is 0 Å². The molecule has 2 aliphatic rings. The van der Waals surface area contributed by atoms with Crippen molar-refractivity contribution >= 4 is 23.4 Å². The number of likely N-dealkylation sites (tertiary alicyclic amines) is 1. The quantitative estimate of drug-likeness (QED) is 0.608. The Kier molecular flexibility index (Phi) is 6.31. The standard InChI is InChI=1S/C18H25N3O3S/c22-18(15-5-7-16(8-6-15)21(23)24)20-11-4-12-25-14-17(20)13-19-9-2-1-3-10-19/h5-8,17H,1-4,9-14H2. The molecule has 1 unspecified atom stereocenters. The van der Waals surface area contributed by atoms with Gasteiger partial charge in [0.15, 0.2) is 0 Å². The third kappa shape index (κ3) is 4.73. The predicted octanol–water partition coefficient (Wildman–Crippen LogP) is 3.03. The zero-order valence-electron chi connectivity index (χ0n) is 14.4. The van der Waals surface area contributed by atoms with Gasteiger partial charge in [0.1, 0.15) is 0 Å². The van der Waals surface area contributed by atoms with E-state index in [2.05, 4.69) is 4.90 Å². The van der Waals surface area contributed by atoms with Crippen LogP contribution in [0.25, 0.3) is 0 Å². The van der Waals surface area contributed by atoms with Gasteiger partial charge in [-0.3, -0.25) is 14.9 Å². The molecule has 0 radical (unpaired) electrons. The minimum Gasteiger partial charge on any atom is -0.334 e. The number of nitro benzene ring substituents is 1. The Morgan fingerprint density at radius 3 is 2.52 bits per heavy atom. The molecule has 2 fully saturated rings. The summed E-state index contributed by atoms with van der Waals surface area (Å²) >= 11 is 1.93. The maximum atomic E-state index is 13.0. The smallest absolute Gasteiger partial charge is 0.269 e. The molecule has 2 heterocycles. The maximum absolute atomic E-state index is 13.0. The largest absolute Gasteiger partial charge is 0.334 e. The number of carbonyl (C=O) groups is 1. The molecule has 6 nitrogen and oxygen atoms in total. The lowest BCUT2D eigenvalue weighted by Crippen LogP contribution is -2.49. The molecule has 136 valence electrons. The van der Waals surface area contributed by atoms with Crippen molar-refractivity contribution in [3.63, 3.8) is 0 Å². The van der Waals surface area contributed by atoms with Crippen LogP contribution in [0.4, 0.5) is 5.69 Å². The molecule has 2 saturated heterocycles. The summed E-state index contributed by atoms with van der Waals surface area (Å²) in [5.41, 5.74) is 0.564. The van der Waals surface area contributed by atoms with Crippen LogP contribution in [0.5, 0.6) is 0 Å². The topological polar surface area (TPSA) is 66.7 Å². The zero-order chi connectivity index (χ0) is 17.6. The molecular weight excluding hydrogens is 338 g/mol. The molecule has 1 aromatic carbocycles. The van der Waals surface area contributed by atoms with Gasteiger partial charge >= 0.3 is 0 Å². The van der Waals surface area contributed by atoms with Gasteiger partial charge in [0.05, 0.1) is 11.0 Å². The van der Waals surface area contributed by atoms with Crippen molar-refractivity contribution in [1.29, 1.82) is 0 Å². The summed E-state index contributed by atoms with van der Waals surface area (Å²) in [5.74, 6) is 2.05. The van der Waals surface area contributed by atoms with Crippen LogP contribution < -0.4 is 0 Å². The highest BCUT2D eigenvalue weighted by atomic mass is 32.2. The summed E-state index contributed by atoms with van der Waals surface area (Å²) in [5, 5.41) is 10.8. The van der Waals surface area contributed by atoms with E-state index >= 15 is 0 Å². The van der Waals surface area contributed by atoms with Gasteiger partial charge in [-0.2, -0.15) is 11.8 Å². The van der Waals surface area contributed by atoms with E-state index in [1.165, 1.54) is 31.4 Å². The zero-order valence-corrected chi connectivity index (χ0v) is 15.2. The van der Waals surface area contributed by atoms with E-state index in [0.29, 0.717) is 5.56 Å². The Balaban J connectivity index is 1.72. The first-order chi connectivity index (χ1) is 12.1. The molecule has 3 rings (SSSR count). The van der Waals surface area contributed by atoms with Crippen molar-refractivity contribution in [2.45, 2.75) is 31.7 Å². The summed E-state index contributed by atoms with van der Waals surface area (Å²) in [7, 11) is 0. The van der Waals surface area contributed by atoms with Crippen LogP contribution in [0.2, 0.25) is 0 Å². The Bertz CT molecular complexity index is 602. The second-order valence-corrected chi connectivity index (χ2v) is 7.90.